The Morgan fingerprint density at radius 1 is 1.38 bits per heavy atom. The van der Waals surface area contributed by atoms with Crippen molar-refractivity contribution >= 4 is 42.9 Å². The first-order valence-electron chi connectivity index (χ1n) is 6.02. The third kappa shape index (κ3) is 4.43. The molecule has 0 fully saturated rings. The topological polar surface area (TPSA) is 51.6 Å². The Balaban J connectivity index is 2.37. The standard InChI is InChI=1S/C14H14BrClN2O2S/c1-9-5-4-6-12(16)13(9)20-14-11(15)7-10(8-17-14)18-21(2,3)19/h4-8H,1-3H3. The minimum Gasteiger partial charge on any atom is -0.436 e. The maximum Gasteiger partial charge on any atom is 0.233 e. The van der Waals surface area contributed by atoms with E-state index < -0.39 is 9.73 Å². The van der Waals surface area contributed by atoms with Gasteiger partial charge in [-0.05, 0) is 40.5 Å². The van der Waals surface area contributed by atoms with Crippen LogP contribution in [0, 0.1) is 6.92 Å². The van der Waals surface area contributed by atoms with E-state index in [0.29, 0.717) is 26.8 Å². The molecule has 2 aromatic rings. The second-order valence-electron chi connectivity index (χ2n) is 4.74. The summed E-state index contributed by atoms with van der Waals surface area (Å²) >= 11 is 9.50. The summed E-state index contributed by atoms with van der Waals surface area (Å²) in [6.45, 7) is 1.90. The molecular formula is C14H14BrClN2O2S. The maximum atomic E-state index is 11.7. The van der Waals surface area contributed by atoms with E-state index in [1.807, 2.05) is 19.1 Å². The van der Waals surface area contributed by atoms with Gasteiger partial charge in [0.15, 0.2) is 5.75 Å². The predicted octanol–water partition coefficient (Wildman–Crippen LogP) is 4.96. The van der Waals surface area contributed by atoms with Crippen molar-refractivity contribution in [3.05, 3.63) is 45.5 Å². The van der Waals surface area contributed by atoms with Crippen molar-refractivity contribution in [3.63, 3.8) is 0 Å². The molecule has 1 aromatic heterocycles. The van der Waals surface area contributed by atoms with Gasteiger partial charge in [-0.25, -0.2) is 9.19 Å². The van der Waals surface area contributed by atoms with Crippen LogP contribution in [-0.2, 0) is 9.73 Å². The number of ether oxygens (including phenoxy) is 1. The Bertz CT molecular complexity index is 773. The second-order valence-corrected chi connectivity index (χ2v) is 8.55. The van der Waals surface area contributed by atoms with E-state index in [-0.39, 0.29) is 0 Å². The van der Waals surface area contributed by atoms with Gasteiger partial charge >= 0.3 is 0 Å². The van der Waals surface area contributed by atoms with Gasteiger partial charge in [-0.1, -0.05) is 23.7 Å². The molecule has 0 spiro atoms. The highest BCUT2D eigenvalue weighted by Crippen LogP contribution is 2.35. The van der Waals surface area contributed by atoms with Crippen LogP contribution >= 0.6 is 27.5 Å². The van der Waals surface area contributed by atoms with E-state index in [9.17, 15) is 4.21 Å². The Morgan fingerprint density at radius 3 is 2.67 bits per heavy atom. The van der Waals surface area contributed by atoms with Gasteiger partial charge < -0.3 is 4.74 Å². The number of hydrogen-bond donors (Lipinski definition) is 0. The number of aryl methyl sites for hydroxylation is 1. The third-order valence-corrected chi connectivity index (χ3v) is 4.00. The van der Waals surface area contributed by atoms with Gasteiger partial charge in [0.2, 0.25) is 5.88 Å². The fourth-order valence-corrected chi connectivity index (χ4v) is 2.92. The minimum atomic E-state index is -2.23. The number of rotatable bonds is 3. The zero-order valence-corrected chi connectivity index (χ0v) is 14.9. The molecule has 0 atom stereocenters. The monoisotopic (exact) mass is 388 g/mol. The molecule has 0 bridgehead atoms. The number of pyridine rings is 1. The van der Waals surface area contributed by atoms with E-state index in [0.717, 1.165) is 5.56 Å². The van der Waals surface area contributed by atoms with Crippen molar-refractivity contribution in [3.8, 4) is 11.6 Å². The molecule has 0 amide bonds. The number of benzene rings is 1. The quantitative estimate of drug-likeness (QED) is 0.745. The lowest BCUT2D eigenvalue weighted by Gasteiger charge is -2.11. The summed E-state index contributed by atoms with van der Waals surface area (Å²) in [5.74, 6) is 0.940. The Labute approximate surface area is 137 Å². The Kier molecular flexibility index (Phi) is 4.91. The molecule has 1 aromatic carbocycles. The minimum absolute atomic E-state index is 0.379. The first-order chi connectivity index (χ1) is 9.76. The van der Waals surface area contributed by atoms with Crippen molar-refractivity contribution in [2.75, 3.05) is 12.5 Å². The Morgan fingerprint density at radius 2 is 2.10 bits per heavy atom. The zero-order chi connectivity index (χ0) is 15.6. The SMILES string of the molecule is Cc1cccc(Cl)c1Oc1ncc(N=S(C)(C)=O)cc1Br. The summed E-state index contributed by atoms with van der Waals surface area (Å²) in [6, 6.07) is 7.22. The van der Waals surface area contributed by atoms with E-state index in [2.05, 4.69) is 25.3 Å². The van der Waals surface area contributed by atoms with Crippen molar-refractivity contribution in [1.82, 2.24) is 4.98 Å². The van der Waals surface area contributed by atoms with Gasteiger partial charge in [0.05, 0.1) is 21.4 Å². The van der Waals surface area contributed by atoms with Crippen LogP contribution < -0.4 is 4.74 Å². The molecule has 0 radical (unpaired) electrons. The molecule has 0 N–H and O–H groups in total. The third-order valence-electron chi connectivity index (χ3n) is 2.48. The van der Waals surface area contributed by atoms with Crippen LogP contribution in [0.25, 0.3) is 0 Å². The van der Waals surface area contributed by atoms with Crippen molar-refractivity contribution < 1.29 is 8.95 Å². The van der Waals surface area contributed by atoms with Crippen LogP contribution in [0.3, 0.4) is 0 Å². The molecule has 1 heterocycles. The summed E-state index contributed by atoms with van der Waals surface area (Å²) < 4.78 is 22.1. The van der Waals surface area contributed by atoms with Crippen molar-refractivity contribution in [2.45, 2.75) is 6.92 Å². The van der Waals surface area contributed by atoms with Crippen molar-refractivity contribution in [1.29, 1.82) is 0 Å². The second kappa shape index (κ2) is 6.34. The fraction of sp³-hybridized carbons (Fsp3) is 0.214. The number of nitrogens with zero attached hydrogens (tertiary/aromatic N) is 2. The molecule has 0 saturated carbocycles. The molecule has 7 heteroatoms. The number of aromatic nitrogens is 1. The molecule has 4 nitrogen and oxygen atoms in total. The number of para-hydroxylation sites is 1. The lowest BCUT2D eigenvalue weighted by Crippen LogP contribution is -1.93. The van der Waals surface area contributed by atoms with Crippen LogP contribution in [0.15, 0.2) is 39.3 Å². The highest BCUT2D eigenvalue weighted by atomic mass is 79.9. The first kappa shape index (κ1) is 16.3. The lowest BCUT2D eigenvalue weighted by atomic mass is 10.2. The zero-order valence-electron chi connectivity index (χ0n) is 11.8. The van der Waals surface area contributed by atoms with E-state index >= 15 is 0 Å². The highest BCUT2D eigenvalue weighted by molar-refractivity contribution is 9.10. The summed E-state index contributed by atoms with van der Waals surface area (Å²) in [7, 11) is -2.23. The van der Waals surface area contributed by atoms with E-state index in [1.165, 1.54) is 6.20 Å². The predicted molar refractivity (Wildman–Crippen MR) is 90.3 cm³/mol. The smallest absolute Gasteiger partial charge is 0.233 e. The van der Waals surface area contributed by atoms with Gasteiger partial charge in [0, 0.05) is 22.2 Å². The highest BCUT2D eigenvalue weighted by Gasteiger charge is 2.11. The molecular weight excluding hydrogens is 376 g/mol. The van der Waals surface area contributed by atoms with E-state index in [4.69, 9.17) is 16.3 Å². The largest absolute Gasteiger partial charge is 0.436 e. The number of halogens is 2. The van der Waals surface area contributed by atoms with Crippen LogP contribution in [0.5, 0.6) is 11.6 Å². The van der Waals surface area contributed by atoms with Crippen LogP contribution in [0.2, 0.25) is 5.02 Å². The normalized spacial score (nSPS) is 11.3. The Hall–Kier alpha value is -1.11. The van der Waals surface area contributed by atoms with Crippen LogP contribution in [0.1, 0.15) is 5.56 Å². The average Bonchev–Trinajstić information content (AvgIpc) is 2.34. The van der Waals surface area contributed by atoms with Gasteiger partial charge in [-0.3, -0.25) is 0 Å². The molecule has 112 valence electrons. The molecule has 0 unspecified atom stereocenters. The molecule has 0 aliphatic rings. The lowest BCUT2D eigenvalue weighted by molar-refractivity contribution is 0.456. The molecule has 0 aliphatic carbocycles. The molecule has 0 saturated heterocycles. The summed E-state index contributed by atoms with van der Waals surface area (Å²) in [6.07, 6.45) is 4.65. The number of hydrogen-bond acceptors (Lipinski definition) is 4. The van der Waals surface area contributed by atoms with Gasteiger partial charge in [-0.2, -0.15) is 4.36 Å². The molecule has 21 heavy (non-hydrogen) atoms. The van der Waals surface area contributed by atoms with Gasteiger partial charge in [0.25, 0.3) is 0 Å². The molecule has 0 aliphatic heterocycles. The summed E-state index contributed by atoms with van der Waals surface area (Å²) in [5.41, 5.74) is 1.44. The molecule has 2 rings (SSSR count). The van der Waals surface area contributed by atoms with Crippen LogP contribution in [-0.4, -0.2) is 21.7 Å². The summed E-state index contributed by atoms with van der Waals surface area (Å²) in [4.78, 5) is 4.19. The van der Waals surface area contributed by atoms with Gasteiger partial charge in [-0.15, -0.1) is 0 Å². The fourth-order valence-electron chi connectivity index (χ4n) is 1.64. The summed E-state index contributed by atoms with van der Waals surface area (Å²) in [5, 5.41) is 0.516. The maximum absolute atomic E-state index is 11.7. The van der Waals surface area contributed by atoms with E-state index in [1.54, 1.807) is 24.6 Å². The average molecular weight is 390 g/mol. The van der Waals surface area contributed by atoms with Crippen LogP contribution in [0.4, 0.5) is 5.69 Å². The van der Waals surface area contributed by atoms with Crippen molar-refractivity contribution in [2.24, 2.45) is 4.36 Å². The van der Waals surface area contributed by atoms with Gasteiger partial charge in [0.1, 0.15) is 0 Å². The first-order valence-corrected chi connectivity index (χ1v) is 9.52.